The van der Waals surface area contributed by atoms with Gasteiger partial charge < -0.3 is 5.73 Å². The van der Waals surface area contributed by atoms with Gasteiger partial charge in [-0.2, -0.15) is 5.10 Å². The maximum atomic E-state index is 13.2. The molecule has 0 unspecified atom stereocenters. The first-order valence-corrected chi connectivity index (χ1v) is 5.82. The molecule has 17 heavy (non-hydrogen) atoms. The molecule has 1 aliphatic carbocycles. The Labute approximate surface area is 99.1 Å². The average Bonchev–Trinajstić information content (AvgIpc) is 3.08. The lowest BCUT2D eigenvalue weighted by atomic mass is 10.1. The van der Waals surface area contributed by atoms with Gasteiger partial charge >= 0.3 is 0 Å². The summed E-state index contributed by atoms with van der Waals surface area (Å²) >= 11 is 0. The highest BCUT2D eigenvalue weighted by atomic mass is 19.1. The Bertz CT molecular complexity index is 543. The minimum atomic E-state index is -0.242. The van der Waals surface area contributed by atoms with E-state index in [2.05, 4.69) is 5.10 Å². The summed E-state index contributed by atoms with van der Waals surface area (Å²) in [5, 5.41) is 4.33. The molecule has 1 fully saturated rings. The number of nitrogens with two attached hydrogens (primary N) is 1. The van der Waals surface area contributed by atoms with Crippen molar-refractivity contribution in [2.45, 2.75) is 25.3 Å². The van der Waals surface area contributed by atoms with E-state index in [9.17, 15) is 4.39 Å². The average molecular weight is 231 g/mol. The highest BCUT2D eigenvalue weighted by Crippen LogP contribution is 2.42. The van der Waals surface area contributed by atoms with Crippen molar-refractivity contribution in [3.63, 3.8) is 0 Å². The maximum Gasteiger partial charge on any atom is 0.125 e. The Hall–Kier alpha value is -1.68. The summed E-state index contributed by atoms with van der Waals surface area (Å²) in [6.45, 7) is 0.487. The third kappa shape index (κ3) is 1.85. The fourth-order valence-electron chi connectivity index (χ4n) is 2.15. The Kier molecular flexibility index (Phi) is 2.44. The largest absolute Gasteiger partial charge is 0.326 e. The zero-order chi connectivity index (χ0) is 11.8. The van der Waals surface area contributed by atoms with Crippen LogP contribution in [-0.4, -0.2) is 9.78 Å². The van der Waals surface area contributed by atoms with Gasteiger partial charge in [-0.25, -0.2) is 9.07 Å². The van der Waals surface area contributed by atoms with Crippen LogP contribution in [0.3, 0.4) is 0 Å². The van der Waals surface area contributed by atoms with Crippen LogP contribution in [0, 0.1) is 5.82 Å². The predicted molar refractivity (Wildman–Crippen MR) is 63.4 cm³/mol. The predicted octanol–water partition coefficient (Wildman–Crippen LogP) is 2.35. The number of nitrogens with zero attached hydrogens (tertiary/aromatic N) is 2. The van der Waals surface area contributed by atoms with Crippen molar-refractivity contribution in [3.05, 3.63) is 47.5 Å². The van der Waals surface area contributed by atoms with E-state index in [1.807, 2.05) is 10.7 Å². The maximum absolute atomic E-state index is 13.2. The summed E-state index contributed by atoms with van der Waals surface area (Å²) in [6, 6.07) is 6.50. The summed E-state index contributed by atoms with van der Waals surface area (Å²) in [5.74, 6) is 0.299. The fraction of sp³-hybridized carbons (Fsp3) is 0.308. The molecule has 0 radical (unpaired) electrons. The molecule has 0 spiro atoms. The second-order valence-electron chi connectivity index (χ2n) is 4.43. The van der Waals surface area contributed by atoms with Crippen molar-refractivity contribution in [1.29, 1.82) is 0 Å². The third-order valence-corrected chi connectivity index (χ3v) is 3.12. The number of aromatic nitrogens is 2. The van der Waals surface area contributed by atoms with Gasteiger partial charge in [0.25, 0.3) is 0 Å². The molecule has 3 nitrogen and oxygen atoms in total. The molecule has 1 saturated carbocycles. The smallest absolute Gasteiger partial charge is 0.125 e. The van der Waals surface area contributed by atoms with Gasteiger partial charge in [-0.3, -0.25) is 0 Å². The Morgan fingerprint density at radius 2 is 2.24 bits per heavy atom. The first-order valence-electron chi connectivity index (χ1n) is 5.82. The summed E-state index contributed by atoms with van der Waals surface area (Å²) < 4.78 is 15.0. The van der Waals surface area contributed by atoms with Crippen LogP contribution in [0.4, 0.5) is 4.39 Å². The van der Waals surface area contributed by atoms with Crippen LogP contribution in [0.25, 0.3) is 5.69 Å². The molecule has 2 N–H and O–H groups in total. The van der Waals surface area contributed by atoms with E-state index in [0.717, 1.165) is 16.9 Å². The summed E-state index contributed by atoms with van der Waals surface area (Å²) in [5.41, 5.74) is 8.70. The molecule has 88 valence electrons. The molecular formula is C13H14FN3. The first-order chi connectivity index (χ1) is 8.29. The van der Waals surface area contributed by atoms with Crippen molar-refractivity contribution in [2.24, 2.45) is 5.73 Å². The number of hydrogen-bond acceptors (Lipinski definition) is 2. The number of hydrogen-bond donors (Lipinski definition) is 1. The molecule has 1 aliphatic rings. The minimum Gasteiger partial charge on any atom is -0.326 e. The van der Waals surface area contributed by atoms with E-state index in [0.29, 0.717) is 12.5 Å². The van der Waals surface area contributed by atoms with Crippen molar-refractivity contribution in [3.8, 4) is 5.69 Å². The molecule has 0 saturated heterocycles. The lowest BCUT2D eigenvalue weighted by Crippen LogP contribution is -2.05. The molecule has 1 aromatic carbocycles. The molecule has 0 amide bonds. The van der Waals surface area contributed by atoms with Gasteiger partial charge in [0.1, 0.15) is 5.82 Å². The summed E-state index contributed by atoms with van der Waals surface area (Å²) in [6.07, 6.45) is 4.14. The van der Waals surface area contributed by atoms with E-state index in [1.165, 1.54) is 25.0 Å². The molecule has 0 bridgehead atoms. The van der Waals surface area contributed by atoms with E-state index in [1.54, 1.807) is 12.3 Å². The summed E-state index contributed by atoms with van der Waals surface area (Å²) in [7, 11) is 0. The van der Waals surface area contributed by atoms with E-state index >= 15 is 0 Å². The second-order valence-corrected chi connectivity index (χ2v) is 4.43. The van der Waals surface area contributed by atoms with Gasteiger partial charge in [0, 0.05) is 18.0 Å². The van der Waals surface area contributed by atoms with Crippen molar-refractivity contribution in [1.82, 2.24) is 9.78 Å². The van der Waals surface area contributed by atoms with Crippen molar-refractivity contribution >= 4 is 0 Å². The van der Waals surface area contributed by atoms with Crippen LogP contribution in [0.2, 0.25) is 0 Å². The zero-order valence-electron chi connectivity index (χ0n) is 9.44. The van der Waals surface area contributed by atoms with Crippen LogP contribution >= 0.6 is 0 Å². The van der Waals surface area contributed by atoms with Gasteiger partial charge in [0.2, 0.25) is 0 Å². The van der Waals surface area contributed by atoms with Crippen molar-refractivity contribution < 1.29 is 4.39 Å². The van der Waals surface area contributed by atoms with Crippen LogP contribution in [0.15, 0.2) is 30.5 Å². The molecule has 3 rings (SSSR count). The molecule has 4 heteroatoms. The number of benzene rings is 1. The zero-order valence-corrected chi connectivity index (χ0v) is 9.44. The highest BCUT2D eigenvalue weighted by molar-refractivity contribution is 5.38. The van der Waals surface area contributed by atoms with Crippen LogP contribution in [0.5, 0.6) is 0 Å². The van der Waals surface area contributed by atoms with Crippen LogP contribution in [-0.2, 0) is 6.54 Å². The molecular weight excluding hydrogens is 217 g/mol. The second kappa shape index (κ2) is 3.96. The monoisotopic (exact) mass is 231 g/mol. The van der Waals surface area contributed by atoms with E-state index in [-0.39, 0.29) is 5.82 Å². The van der Waals surface area contributed by atoms with E-state index < -0.39 is 0 Å². The van der Waals surface area contributed by atoms with Gasteiger partial charge in [0.05, 0.1) is 17.6 Å². The molecule has 1 heterocycles. The lowest BCUT2D eigenvalue weighted by molar-refractivity contribution is 0.624. The normalized spacial score (nSPS) is 15.2. The molecule has 2 aromatic rings. The lowest BCUT2D eigenvalue weighted by Gasteiger charge is -2.08. The highest BCUT2D eigenvalue weighted by Gasteiger charge is 2.30. The van der Waals surface area contributed by atoms with E-state index in [4.69, 9.17) is 5.73 Å². The number of rotatable bonds is 3. The van der Waals surface area contributed by atoms with Crippen LogP contribution < -0.4 is 5.73 Å². The minimum absolute atomic E-state index is 0.242. The summed E-state index contributed by atoms with van der Waals surface area (Å²) in [4.78, 5) is 0. The molecule has 0 aliphatic heterocycles. The van der Waals surface area contributed by atoms with Gasteiger partial charge in [-0.1, -0.05) is 6.07 Å². The molecule has 0 atom stereocenters. The van der Waals surface area contributed by atoms with Crippen LogP contribution in [0.1, 0.15) is 30.0 Å². The third-order valence-electron chi connectivity index (χ3n) is 3.12. The standard InChI is InChI=1S/C13H14FN3/c14-11-2-1-3-12(6-11)17-13(9-4-5-9)10(7-15)8-16-17/h1-3,6,8-9H,4-5,7,15H2. The topological polar surface area (TPSA) is 43.8 Å². The van der Waals surface area contributed by atoms with Gasteiger partial charge in [-0.15, -0.1) is 0 Å². The molecule has 1 aromatic heterocycles. The van der Waals surface area contributed by atoms with Crippen molar-refractivity contribution in [2.75, 3.05) is 0 Å². The Morgan fingerprint density at radius 3 is 2.88 bits per heavy atom. The Balaban J connectivity index is 2.11. The quantitative estimate of drug-likeness (QED) is 0.881. The fourth-order valence-corrected chi connectivity index (χ4v) is 2.15. The number of halogens is 1. The van der Waals surface area contributed by atoms with Gasteiger partial charge in [-0.05, 0) is 31.0 Å². The SMILES string of the molecule is NCc1cnn(-c2cccc(F)c2)c1C1CC1. The first kappa shape index (κ1) is 10.5. The Morgan fingerprint density at radius 1 is 1.41 bits per heavy atom. The van der Waals surface area contributed by atoms with Gasteiger partial charge in [0.15, 0.2) is 0 Å².